The van der Waals surface area contributed by atoms with Gasteiger partial charge in [0.1, 0.15) is 11.4 Å². The Balaban J connectivity index is 1.54. The maximum atomic E-state index is 14.2. The zero-order chi connectivity index (χ0) is 18.9. The van der Waals surface area contributed by atoms with Gasteiger partial charge in [-0.25, -0.2) is 9.18 Å². The molecule has 0 unspecified atom stereocenters. The predicted octanol–water partition coefficient (Wildman–Crippen LogP) is 4.03. The summed E-state index contributed by atoms with van der Waals surface area (Å²) in [5.41, 5.74) is 6.54. The first-order valence-corrected chi connectivity index (χ1v) is 9.45. The highest BCUT2D eigenvalue weighted by molar-refractivity contribution is 5.68. The fourth-order valence-electron chi connectivity index (χ4n) is 3.99. The summed E-state index contributed by atoms with van der Waals surface area (Å²) in [4.78, 5) is 16.2. The lowest BCUT2D eigenvalue weighted by molar-refractivity contribution is 0.00664. The van der Waals surface area contributed by atoms with E-state index in [0.29, 0.717) is 11.4 Å². The minimum Gasteiger partial charge on any atom is -0.444 e. The number of carbonyl (C=O) groups is 1. The van der Waals surface area contributed by atoms with Gasteiger partial charge in [0.15, 0.2) is 0 Å². The smallest absolute Gasteiger partial charge is 0.410 e. The van der Waals surface area contributed by atoms with Crippen LogP contribution in [0.15, 0.2) is 18.2 Å². The molecule has 2 heterocycles. The molecule has 144 valence electrons. The molecule has 1 amide bonds. The number of anilines is 2. The molecule has 0 aromatic heterocycles. The Morgan fingerprint density at radius 3 is 2.23 bits per heavy atom. The number of rotatable bonds is 1. The molecule has 0 bridgehead atoms. The lowest BCUT2D eigenvalue weighted by atomic mass is 9.71. The van der Waals surface area contributed by atoms with Gasteiger partial charge in [-0.15, -0.1) is 0 Å². The molecule has 2 saturated heterocycles. The number of halogens is 1. The first-order valence-electron chi connectivity index (χ1n) is 9.45. The highest BCUT2D eigenvalue weighted by Gasteiger charge is 2.39. The normalized spacial score (nSPS) is 20.3. The summed E-state index contributed by atoms with van der Waals surface area (Å²) in [6.45, 7) is 8.84. The number of hydrogen-bond acceptors (Lipinski definition) is 4. The first-order chi connectivity index (χ1) is 12.2. The highest BCUT2D eigenvalue weighted by atomic mass is 19.1. The third-order valence-corrected chi connectivity index (χ3v) is 5.61. The van der Waals surface area contributed by atoms with E-state index in [4.69, 9.17) is 10.5 Å². The van der Waals surface area contributed by atoms with Crippen LogP contribution in [0, 0.1) is 11.2 Å². The van der Waals surface area contributed by atoms with Crippen LogP contribution in [0.25, 0.3) is 0 Å². The van der Waals surface area contributed by atoms with Crippen molar-refractivity contribution in [1.29, 1.82) is 0 Å². The van der Waals surface area contributed by atoms with Gasteiger partial charge in [-0.05, 0) is 70.1 Å². The quantitative estimate of drug-likeness (QED) is 0.766. The molecule has 0 atom stereocenters. The number of piperidine rings is 2. The zero-order valence-corrected chi connectivity index (χ0v) is 16.1. The van der Waals surface area contributed by atoms with Crippen LogP contribution >= 0.6 is 0 Å². The van der Waals surface area contributed by atoms with E-state index in [0.717, 1.165) is 51.9 Å². The van der Waals surface area contributed by atoms with Crippen LogP contribution in [0.5, 0.6) is 0 Å². The molecule has 1 aromatic carbocycles. The van der Waals surface area contributed by atoms with Crippen LogP contribution in [0.1, 0.15) is 46.5 Å². The average molecular weight is 363 g/mol. The van der Waals surface area contributed by atoms with Crippen molar-refractivity contribution in [2.75, 3.05) is 36.8 Å². The fourth-order valence-corrected chi connectivity index (χ4v) is 3.99. The summed E-state index contributed by atoms with van der Waals surface area (Å²) in [5, 5.41) is 0. The number of nitrogen functional groups attached to an aromatic ring is 1. The number of ether oxygens (including phenoxy) is 1. The molecule has 2 N–H and O–H groups in total. The number of carbonyl (C=O) groups excluding carboxylic acids is 1. The van der Waals surface area contributed by atoms with Gasteiger partial charge in [0.25, 0.3) is 0 Å². The lowest BCUT2D eigenvalue weighted by Crippen LogP contribution is -2.49. The van der Waals surface area contributed by atoms with Gasteiger partial charge in [-0.3, -0.25) is 0 Å². The number of amides is 1. The minimum atomic E-state index is -0.458. The summed E-state index contributed by atoms with van der Waals surface area (Å²) in [6, 6.07) is 4.91. The van der Waals surface area contributed by atoms with Gasteiger partial charge < -0.3 is 20.3 Å². The van der Waals surface area contributed by atoms with Crippen molar-refractivity contribution < 1.29 is 13.9 Å². The summed E-state index contributed by atoms with van der Waals surface area (Å²) < 4.78 is 19.6. The average Bonchev–Trinajstić information content (AvgIpc) is 2.55. The Labute approximate surface area is 155 Å². The predicted molar refractivity (Wildman–Crippen MR) is 102 cm³/mol. The second-order valence-electron chi connectivity index (χ2n) is 8.67. The van der Waals surface area contributed by atoms with E-state index in [9.17, 15) is 9.18 Å². The van der Waals surface area contributed by atoms with Crippen LogP contribution in [-0.4, -0.2) is 42.8 Å². The van der Waals surface area contributed by atoms with Crippen LogP contribution in [-0.2, 0) is 4.74 Å². The van der Waals surface area contributed by atoms with Crippen molar-refractivity contribution in [1.82, 2.24) is 4.90 Å². The number of hydrogen-bond donors (Lipinski definition) is 1. The van der Waals surface area contributed by atoms with Crippen molar-refractivity contribution in [3.8, 4) is 0 Å². The van der Waals surface area contributed by atoms with Crippen LogP contribution in [0.4, 0.5) is 20.6 Å². The van der Waals surface area contributed by atoms with Crippen LogP contribution in [0.2, 0.25) is 0 Å². The van der Waals surface area contributed by atoms with E-state index in [1.165, 1.54) is 6.07 Å². The lowest BCUT2D eigenvalue weighted by Gasteiger charge is -2.47. The van der Waals surface area contributed by atoms with Crippen molar-refractivity contribution in [2.45, 2.75) is 52.1 Å². The third kappa shape index (κ3) is 4.22. The van der Waals surface area contributed by atoms with Crippen molar-refractivity contribution >= 4 is 17.5 Å². The van der Waals surface area contributed by atoms with Gasteiger partial charge in [-0.2, -0.15) is 0 Å². The zero-order valence-electron chi connectivity index (χ0n) is 16.1. The number of nitrogens with two attached hydrogens (primary N) is 1. The highest BCUT2D eigenvalue weighted by Crippen LogP contribution is 2.42. The molecule has 26 heavy (non-hydrogen) atoms. The van der Waals surface area contributed by atoms with Crippen molar-refractivity contribution in [2.24, 2.45) is 5.41 Å². The maximum absolute atomic E-state index is 14.2. The molecular weight excluding hydrogens is 333 g/mol. The van der Waals surface area contributed by atoms with E-state index in [1.54, 1.807) is 12.1 Å². The SMILES string of the molecule is CC(C)(C)OC(=O)N1CCC2(CC1)CCN(c1ccc(N)cc1F)CC2. The van der Waals surface area contributed by atoms with Crippen molar-refractivity contribution in [3.05, 3.63) is 24.0 Å². The standard InChI is InChI=1S/C20H30FN3O2/c1-19(2,3)26-18(25)24-12-8-20(9-13-24)6-10-23(11-7-20)17-5-4-15(22)14-16(17)21/h4-5,14H,6-13,22H2,1-3H3. The number of likely N-dealkylation sites (tertiary alicyclic amines) is 1. The summed E-state index contributed by atoms with van der Waals surface area (Å²) in [5.74, 6) is -0.249. The van der Waals surface area contributed by atoms with E-state index in [2.05, 4.69) is 4.90 Å². The van der Waals surface area contributed by atoms with Gasteiger partial charge >= 0.3 is 6.09 Å². The molecule has 5 nitrogen and oxygen atoms in total. The molecule has 2 fully saturated rings. The topological polar surface area (TPSA) is 58.8 Å². The van der Waals surface area contributed by atoms with Gasteiger partial charge in [0.2, 0.25) is 0 Å². The summed E-state index contributed by atoms with van der Waals surface area (Å²) in [6.07, 6.45) is 3.82. The Morgan fingerprint density at radius 1 is 1.12 bits per heavy atom. The molecular formula is C20H30FN3O2. The summed E-state index contributed by atoms with van der Waals surface area (Å²) in [7, 11) is 0. The molecule has 6 heteroatoms. The van der Waals surface area contributed by atoms with E-state index >= 15 is 0 Å². The molecule has 0 radical (unpaired) electrons. The molecule has 1 aromatic rings. The monoisotopic (exact) mass is 363 g/mol. The second-order valence-corrected chi connectivity index (χ2v) is 8.67. The molecule has 3 rings (SSSR count). The second kappa shape index (κ2) is 6.97. The first kappa shape index (κ1) is 18.8. The van der Waals surface area contributed by atoms with Crippen LogP contribution in [0.3, 0.4) is 0 Å². The Hall–Kier alpha value is -1.98. The third-order valence-electron chi connectivity index (χ3n) is 5.61. The van der Waals surface area contributed by atoms with Gasteiger partial charge in [0.05, 0.1) is 5.69 Å². The number of benzene rings is 1. The Bertz CT molecular complexity index is 654. The van der Waals surface area contributed by atoms with Gasteiger partial charge in [-0.1, -0.05) is 0 Å². The molecule has 0 saturated carbocycles. The van der Waals surface area contributed by atoms with E-state index in [1.807, 2.05) is 25.7 Å². The van der Waals surface area contributed by atoms with Crippen molar-refractivity contribution in [3.63, 3.8) is 0 Å². The van der Waals surface area contributed by atoms with Gasteiger partial charge in [0, 0.05) is 31.9 Å². The molecule has 0 aliphatic carbocycles. The fraction of sp³-hybridized carbons (Fsp3) is 0.650. The largest absolute Gasteiger partial charge is 0.444 e. The minimum absolute atomic E-state index is 0.214. The molecule has 2 aliphatic heterocycles. The summed E-state index contributed by atoms with van der Waals surface area (Å²) >= 11 is 0. The van der Waals surface area contributed by atoms with E-state index in [-0.39, 0.29) is 17.3 Å². The van der Waals surface area contributed by atoms with Crippen LogP contribution < -0.4 is 10.6 Å². The molecule has 2 aliphatic rings. The number of nitrogens with zero attached hydrogens (tertiary/aromatic N) is 2. The Kier molecular flexibility index (Phi) is 5.04. The Morgan fingerprint density at radius 2 is 1.69 bits per heavy atom. The molecule has 1 spiro atoms. The maximum Gasteiger partial charge on any atom is 0.410 e. The van der Waals surface area contributed by atoms with E-state index < -0.39 is 5.60 Å².